The highest BCUT2D eigenvalue weighted by atomic mass is 16.5. The summed E-state index contributed by atoms with van der Waals surface area (Å²) >= 11 is 0. The Morgan fingerprint density at radius 3 is 2.64 bits per heavy atom. The third kappa shape index (κ3) is 4.79. The van der Waals surface area contributed by atoms with Gasteiger partial charge in [0.25, 0.3) is 5.91 Å². The molecule has 1 amide bonds. The van der Waals surface area contributed by atoms with Gasteiger partial charge in [0.15, 0.2) is 6.61 Å². The number of nitrogens with one attached hydrogen (secondary N) is 1. The van der Waals surface area contributed by atoms with Gasteiger partial charge in [-0.2, -0.15) is 4.98 Å². The number of nitrogens with zero attached hydrogens (tertiary/aromatic N) is 3. The van der Waals surface area contributed by atoms with E-state index in [0.29, 0.717) is 41.5 Å². The van der Waals surface area contributed by atoms with Crippen molar-refractivity contribution in [1.82, 2.24) is 20.4 Å². The molecule has 0 saturated heterocycles. The van der Waals surface area contributed by atoms with E-state index in [2.05, 4.69) is 34.5 Å². The molecule has 1 aliphatic carbocycles. The molecule has 0 aliphatic heterocycles. The number of carbonyl (C=O) groups excluding carboxylic acids is 1. The molecule has 7 heteroatoms. The van der Waals surface area contributed by atoms with Crippen LogP contribution in [-0.2, 0) is 6.61 Å². The topological polar surface area (TPSA) is 80.5 Å². The molecule has 0 bridgehead atoms. The zero-order valence-corrected chi connectivity index (χ0v) is 14.9. The van der Waals surface area contributed by atoms with Crippen LogP contribution < -0.4 is 10.1 Å². The second kappa shape index (κ2) is 7.65. The molecule has 25 heavy (non-hydrogen) atoms. The molecule has 1 heterocycles. The summed E-state index contributed by atoms with van der Waals surface area (Å²) in [5.74, 6) is 2.30. The van der Waals surface area contributed by atoms with Crippen molar-refractivity contribution in [2.45, 2.75) is 32.4 Å². The van der Waals surface area contributed by atoms with Crippen LogP contribution in [-0.4, -0.2) is 47.6 Å². The number of aromatic nitrogens is 2. The van der Waals surface area contributed by atoms with Crippen LogP contribution in [0.2, 0.25) is 0 Å². The Morgan fingerprint density at radius 1 is 1.36 bits per heavy atom. The summed E-state index contributed by atoms with van der Waals surface area (Å²) in [6.07, 6.45) is 2.51. The number of benzene rings is 1. The van der Waals surface area contributed by atoms with Gasteiger partial charge < -0.3 is 19.5 Å². The first-order valence-electron chi connectivity index (χ1n) is 8.49. The summed E-state index contributed by atoms with van der Waals surface area (Å²) in [6.45, 7) is 2.63. The highest BCUT2D eigenvalue weighted by Crippen LogP contribution is 2.34. The van der Waals surface area contributed by atoms with Crippen LogP contribution in [0.3, 0.4) is 0 Å². The summed E-state index contributed by atoms with van der Waals surface area (Å²) < 4.78 is 10.5. The summed E-state index contributed by atoms with van der Waals surface area (Å²) in [7, 11) is 4.12. The van der Waals surface area contributed by atoms with Crippen LogP contribution >= 0.6 is 0 Å². The minimum absolute atomic E-state index is 0.0622. The van der Waals surface area contributed by atoms with Gasteiger partial charge in [0, 0.05) is 25.1 Å². The summed E-state index contributed by atoms with van der Waals surface area (Å²) in [4.78, 5) is 18.6. The Labute approximate surface area is 147 Å². The zero-order valence-electron chi connectivity index (χ0n) is 14.9. The maximum atomic E-state index is 12.3. The van der Waals surface area contributed by atoms with Gasteiger partial charge in [0.2, 0.25) is 11.7 Å². The number of hydrogen-bond donors (Lipinski definition) is 1. The molecule has 1 aliphatic rings. The second-order valence-electron chi connectivity index (χ2n) is 6.62. The summed E-state index contributed by atoms with van der Waals surface area (Å²) in [5.41, 5.74) is 0.621. The van der Waals surface area contributed by atoms with Crippen LogP contribution in [0, 0.1) is 12.8 Å². The number of hydrogen-bond acceptors (Lipinski definition) is 6. The number of aryl methyl sites for hydroxylation is 1. The molecule has 0 unspecified atom stereocenters. The molecule has 134 valence electrons. The minimum atomic E-state index is -0.0622. The maximum absolute atomic E-state index is 12.3. The van der Waals surface area contributed by atoms with E-state index in [0.717, 1.165) is 0 Å². The van der Waals surface area contributed by atoms with Crippen molar-refractivity contribution in [1.29, 1.82) is 0 Å². The number of likely N-dealkylation sites (N-methyl/N-ethyl adjacent to an activating group) is 1. The number of carbonyl (C=O) groups is 1. The average molecular weight is 344 g/mol. The van der Waals surface area contributed by atoms with Crippen molar-refractivity contribution in [3.05, 3.63) is 41.5 Å². The van der Waals surface area contributed by atoms with Gasteiger partial charge in [-0.15, -0.1) is 0 Å². The van der Waals surface area contributed by atoms with E-state index in [4.69, 9.17) is 9.26 Å². The molecule has 1 aromatic heterocycles. The summed E-state index contributed by atoms with van der Waals surface area (Å²) in [6, 6.07) is 7.46. The predicted molar refractivity (Wildman–Crippen MR) is 92.3 cm³/mol. The van der Waals surface area contributed by atoms with Gasteiger partial charge in [-0.3, -0.25) is 4.79 Å². The van der Waals surface area contributed by atoms with E-state index < -0.39 is 0 Å². The van der Waals surface area contributed by atoms with Crippen molar-refractivity contribution in [2.24, 2.45) is 5.92 Å². The van der Waals surface area contributed by atoms with Gasteiger partial charge in [-0.25, -0.2) is 0 Å². The first-order chi connectivity index (χ1) is 12.0. The Balaban J connectivity index is 1.49. The van der Waals surface area contributed by atoms with Crippen molar-refractivity contribution < 1.29 is 14.1 Å². The van der Waals surface area contributed by atoms with Gasteiger partial charge >= 0.3 is 0 Å². The molecule has 1 aromatic carbocycles. The second-order valence-corrected chi connectivity index (χ2v) is 6.62. The van der Waals surface area contributed by atoms with E-state index in [1.165, 1.54) is 12.8 Å². The fraction of sp³-hybridized carbons (Fsp3) is 0.500. The lowest BCUT2D eigenvalue weighted by atomic mass is 10.1. The molecule has 1 atom stereocenters. The molecule has 1 saturated carbocycles. The monoisotopic (exact) mass is 344 g/mol. The highest BCUT2D eigenvalue weighted by molar-refractivity contribution is 5.94. The first kappa shape index (κ1) is 17.4. The van der Waals surface area contributed by atoms with Crippen LogP contribution in [0.15, 0.2) is 28.8 Å². The van der Waals surface area contributed by atoms with Gasteiger partial charge in [-0.05, 0) is 57.1 Å². The molecular formula is C18H24N4O3. The molecule has 2 aromatic rings. The largest absolute Gasteiger partial charge is 0.485 e. The number of amides is 1. The fourth-order valence-electron chi connectivity index (χ4n) is 2.80. The minimum Gasteiger partial charge on any atom is -0.485 e. The van der Waals surface area contributed by atoms with Crippen LogP contribution in [0.25, 0.3) is 0 Å². The molecule has 1 fully saturated rings. The van der Waals surface area contributed by atoms with Gasteiger partial charge in [-0.1, -0.05) is 5.16 Å². The highest BCUT2D eigenvalue weighted by Gasteiger charge is 2.32. The molecule has 3 rings (SSSR count). The van der Waals surface area contributed by atoms with Gasteiger partial charge in [0.1, 0.15) is 5.75 Å². The van der Waals surface area contributed by atoms with E-state index in [9.17, 15) is 4.79 Å². The molecule has 7 nitrogen and oxygen atoms in total. The van der Waals surface area contributed by atoms with Crippen molar-refractivity contribution in [3.8, 4) is 5.75 Å². The average Bonchev–Trinajstić information content (AvgIpc) is 3.34. The third-order valence-electron chi connectivity index (χ3n) is 4.36. The number of rotatable bonds is 8. The van der Waals surface area contributed by atoms with Crippen molar-refractivity contribution in [3.63, 3.8) is 0 Å². The number of ether oxygens (including phenoxy) is 1. The Kier molecular flexibility index (Phi) is 5.33. The lowest BCUT2D eigenvalue weighted by Crippen LogP contribution is -2.41. The molecular weight excluding hydrogens is 320 g/mol. The summed E-state index contributed by atoms with van der Waals surface area (Å²) in [5, 5.41) is 6.80. The fourth-order valence-corrected chi connectivity index (χ4v) is 2.80. The SMILES string of the molecule is Cc1nc(COc2ccc(C(=O)NC[C@H](C3CC3)N(C)C)cc2)no1. The smallest absolute Gasteiger partial charge is 0.251 e. The zero-order chi connectivity index (χ0) is 17.8. The van der Waals surface area contributed by atoms with Crippen LogP contribution in [0.4, 0.5) is 0 Å². The quantitative estimate of drug-likeness (QED) is 0.789. The molecule has 0 spiro atoms. The Bertz CT molecular complexity index is 705. The van der Waals surface area contributed by atoms with E-state index in [1.807, 2.05) is 0 Å². The normalized spacial score (nSPS) is 15.2. The third-order valence-corrected chi connectivity index (χ3v) is 4.36. The Morgan fingerprint density at radius 2 is 2.08 bits per heavy atom. The van der Waals surface area contributed by atoms with Crippen LogP contribution in [0.1, 0.15) is 34.9 Å². The molecule has 0 radical (unpaired) electrons. The maximum Gasteiger partial charge on any atom is 0.251 e. The predicted octanol–water partition coefficient (Wildman–Crippen LogP) is 2.03. The molecule has 1 N–H and O–H groups in total. The van der Waals surface area contributed by atoms with E-state index in [1.54, 1.807) is 31.2 Å². The van der Waals surface area contributed by atoms with Crippen molar-refractivity contribution >= 4 is 5.91 Å². The van der Waals surface area contributed by atoms with Crippen LogP contribution in [0.5, 0.6) is 5.75 Å². The Hall–Kier alpha value is -2.41. The van der Waals surface area contributed by atoms with Crippen molar-refractivity contribution in [2.75, 3.05) is 20.6 Å². The van der Waals surface area contributed by atoms with Gasteiger partial charge in [0.05, 0.1) is 0 Å². The first-order valence-corrected chi connectivity index (χ1v) is 8.49. The standard InChI is InChI=1S/C18H24N4O3/c1-12-20-17(21-25-12)11-24-15-8-6-14(7-9-15)18(23)19-10-16(22(2)3)13-4-5-13/h6-9,13,16H,4-5,10-11H2,1-3H3,(H,19,23)/t16-/m1/s1. The van der Waals surface area contributed by atoms with E-state index >= 15 is 0 Å². The lowest BCUT2D eigenvalue weighted by molar-refractivity contribution is 0.0939. The lowest BCUT2D eigenvalue weighted by Gasteiger charge is -2.24. The van der Waals surface area contributed by atoms with E-state index in [-0.39, 0.29) is 12.5 Å².